The van der Waals surface area contributed by atoms with Crippen LogP contribution < -0.4 is 5.32 Å². The third-order valence-electron chi connectivity index (χ3n) is 2.70. The molecular weight excluding hydrogens is 226 g/mol. The molecule has 0 radical (unpaired) electrons. The molecule has 0 amide bonds. The summed E-state index contributed by atoms with van der Waals surface area (Å²) in [4.78, 5) is 0. The summed E-state index contributed by atoms with van der Waals surface area (Å²) in [5.41, 5.74) is -3.22. The molecule has 1 atom stereocenters. The van der Waals surface area contributed by atoms with Crippen molar-refractivity contribution in [3.05, 3.63) is 29.6 Å². The highest BCUT2D eigenvalue weighted by molar-refractivity contribution is 5.56. The first-order chi connectivity index (χ1) is 7.34. The number of aliphatic hydroxyl groups is 1. The number of hydrogen-bond acceptors (Lipinski definition) is 2. The standard InChI is InChI=1S/C10H9F4NO/c11-6-1-2-7-8(5-6)15-4-3-9(7,16)10(12,13)14/h1-2,5,15-16H,3-4H2. The zero-order valence-corrected chi connectivity index (χ0v) is 8.11. The quantitative estimate of drug-likeness (QED) is 0.677. The molecule has 0 saturated carbocycles. The lowest BCUT2D eigenvalue weighted by molar-refractivity contribution is -0.268. The number of benzene rings is 1. The van der Waals surface area contributed by atoms with E-state index in [0.717, 1.165) is 18.2 Å². The Balaban J connectivity index is 2.56. The highest BCUT2D eigenvalue weighted by Crippen LogP contribution is 2.46. The van der Waals surface area contributed by atoms with Crippen LogP contribution >= 0.6 is 0 Å². The van der Waals surface area contributed by atoms with Crippen LogP contribution in [0.1, 0.15) is 12.0 Å². The molecule has 0 aromatic heterocycles. The Morgan fingerprint density at radius 1 is 1.31 bits per heavy atom. The van der Waals surface area contributed by atoms with Crippen molar-refractivity contribution in [3.63, 3.8) is 0 Å². The summed E-state index contributed by atoms with van der Waals surface area (Å²) in [6.45, 7) is -0.0491. The molecule has 6 heteroatoms. The molecule has 88 valence electrons. The van der Waals surface area contributed by atoms with E-state index >= 15 is 0 Å². The van der Waals surface area contributed by atoms with Gasteiger partial charge in [-0.25, -0.2) is 4.39 Å². The molecule has 0 aliphatic carbocycles. The second-order valence-electron chi connectivity index (χ2n) is 3.72. The predicted molar refractivity (Wildman–Crippen MR) is 49.5 cm³/mol. The minimum Gasteiger partial charge on any atom is -0.385 e. The molecule has 0 spiro atoms. The summed E-state index contributed by atoms with van der Waals surface area (Å²) in [5.74, 6) is -0.641. The Morgan fingerprint density at radius 2 is 2.00 bits per heavy atom. The molecule has 2 nitrogen and oxygen atoms in total. The lowest BCUT2D eigenvalue weighted by Crippen LogP contribution is -2.46. The second-order valence-corrected chi connectivity index (χ2v) is 3.72. The molecule has 0 saturated heterocycles. The van der Waals surface area contributed by atoms with Crippen LogP contribution in [0.3, 0.4) is 0 Å². The maximum absolute atomic E-state index is 12.8. The summed E-state index contributed by atoms with van der Waals surface area (Å²) in [5, 5.41) is 12.3. The van der Waals surface area contributed by atoms with Crippen molar-refractivity contribution in [2.45, 2.75) is 18.2 Å². The molecule has 0 bridgehead atoms. The first-order valence-electron chi connectivity index (χ1n) is 4.67. The lowest BCUT2D eigenvalue weighted by atomic mass is 9.85. The Hall–Kier alpha value is -1.30. The smallest absolute Gasteiger partial charge is 0.385 e. The molecule has 1 aromatic rings. The number of alkyl halides is 3. The van der Waals surface area contributed by atoms with E-state index in [1.54, 1.807) is 0 Å². The number of rotatable bonds is 0. The van der Waals surface area contributed by atoms with E-state index in [0.29, 0.717) is 0 Å². The van der Waals surface area contributed by atoms with Gasteiger partial charge < -0.3 is 10.4 Å². The average molecular weight is 235 g/mol. The first-order valence-corrected chi connectivity index (χ1v) is 4.67. The van der Waals surface area contributed by atoms with Gasteiger partial charge in [-0.3, -0.25) is 0 Å². The van der Waals surface area contributed by atoms with Crippen LogP contribution in [0.15, 0.2) is 18.2 Å². The number of fused-ring (bicyclic) bond motifs is 1. The van der Waals surface area contributed by atoms with E-state index in [1.807, 2.05) is 0 Å². The van der Waals surface area contributed by atoms with Crippen LogP contribution in [-0.2, 0) is 5.60 Å². The number of anilines is 1. The molecule has 1 aromatic carbocycles. The van der Waals surface area contributed by atoms with E-state index in [1.165, 1.54) is 0 Å². The van der Waals surface area contributed by atoms with E-state index in [4.69, 9.17) is 0 Å². The number of halogens is 4. The van der Waals surface area contributed by atoms with Crippen LogP contribution in [0.4, 0.5) is 23.2 Å². The summed E-state index contributed by atoms with van der Waals surface area (Å²) in [7, 11) is 0. The summed E-state index contributed by atoms with van der Waals surface area (Å²) in [6.07, 6.45) is -5.24. The summed E-state index contributed by atoms with van der Waals surface area (Å²) >= 11 is 0. The van der Waals surface area contributed by atoms with Gasteiger partial charge in [-0.15, -0.1) is 0 Å². The second kappa shape index (κ2) is 3.35. The van der Waals surface area contributed by atoms with E-state index in [9.17, 15) is 22.7 Å². The molecule has 1 aliphatic rings. The van der Waals surface area contributed by atoms with Gasteiger partial charge in [0.25, 0.3) is 0 Å². The monoisotopic (exact) mass is 235 g/mol. The van der Waals surface area contributed by atoms with Gasteiger partial charge in [-0.05, 0) is 12.1 Å². The van der Waals surface area contributed by atoms with Crippen molar-refractivity contribution < 1.29 is 22.7 Å². The fourth-order valence-corrected chi connectivity index (χ4v) is 1.83. The lowest BCUT2D eigenvalue weighted by Gasteiger charge is -2.36. The first kappa shape index (κ1) is 11.2. The molecule has 0 fully saturated rings. The van der Waals surface area contributed by atoms with Crippen molar-refractivity contribution in [2.75, 3.05) is 11.9 Å². The van der Waals surface area contributed by atoms with Crippen molar-refractivity contribution in [1.82, 2.24) is 0 Å². The Morgan fingerprint density at radius 3 is 2.62 bits per heavy atom. The maximum Gasteiger partial charge on any atom is 0.421 e. The summed E-state index contributed by atoms with van der Waals surface area (Å²) in [6, 6.07) is 2.82. The van der Waals surface area contributed by atoms with E-state index < -0.39 is 24.0 Å². The van der Waals surface area contributed by atoms with Gasteiger partial charge in [0.15, 0.2) is 5.60 Å². The predicted octanol–water partition coefficient (Wildman–Crippen LogP) is 2.39. The molecular formula is C10H9F4NO. The maximum atomic E-state index is 12.8. The van der Waals surface area contributed by atoms with Crippen LogP contribution in [0.2, 0.25) is 0 Å². The number of hydrogen-bond donors (Lipinski definition) is 2. The van der Waals surface area contributed by atoms with Gasteiger partial charge in [-0.1, -0.05) is 6.07 Å². The van der Waals surface area contributed by atoms with Gasteiger partial charge >= 0.3 is 6.18 Å². The van der Waals surface area contributed by atoms with E-state index in [2.05, 4.69) is 5.32 Å². The molecule has 16 heavy (non-hydrogen) atoms. The van der Waals surface area contributed by atoms with Crippen LogP contribution in [0.25, 0.3) is 0 Å². The minimum atomic E-state index is -4.76. The van der Waals surface area contributed by atoms with Crippen molar-refractivity contribution in [3.8, 4) is 0 Å². The van der Waals surface area contributed by atoms with Gasteiger partial charge in [0, 0.05) is 24.2 Å². The van der Waals surface area contributed by atoms with Gasteiger partial charge in [0.2, 0.25) is 0 Å². The third kappa shape index (κ3) is 1.53. The van der Waals surface area contributed by atoms with Crippen molar-refractivity contribution in [2.24, 2.45) is 0 Å². The van der Waals surface area contributed by atoms with Gasteiger partial charge in [0.05, 0.1) is 0 Å². The van der Waals surface area contributed by atoms with Gasteiger partial charge in [-0.2, -0.15) is 13.2 Å². The Labute approximate surface area is 88.9 Å². The van der Waals surface area contributed by atoms with Crippen molar-refractivity contribution >= 4 is 5.69 Å². The third-order valence-corrected chi connectivity index (χ3v) is 2.70. The topological polar surface area (TPSA) is 32.3 Å². The Kier molecular flexibility index (Phi) is 2.34. The zero-order valence-electron chi connectivity index (χ0n) is 8.11. The average Bonchev–Trinajstić information content (AvgIpc) is 2.15. The van der Waals surface area contributed by atoms with Crippen LogP contribution in [0.5, 0.6) is 0 Å². The van der Waals surface area contributed by atoms with E-state index in [-0.39, 0.29) is 17.8 Å². The van der Waals surface area contributed by atoms with Crippen LogP contribution in [-0.4, -0.2) is 17.8 Å². The Bertz CT molecular complexity index is 418. The van der Waals surface area contributed by atoms with Crippen LogP contribution in [0, 0.1) is 5.82 Å². The molecule has 1 heterocycles. The normalized spacial score (nSPS) is 24.8. The highest BCUT2D eigenvalue weighted by Gasteiger charge is 2.56. The fourth-order valence-electron chi connectivity index (χ4n) is 1.83. The van der Waals surface area contributed by atoms with Gasteiger partial charge in [0.1, 0.15) is 5.82 Å². The molecule has 2 rings (SSSR count). The summed E-state index contributed by atoms with van der Waals surface area (Å²) < 4.78 is 51.0. The highest BCUT2D eigenvalue weighted by atomic mass is 19.4. The molecule has 1 unspecified atom stereocenters. The minimum absolute atomic E-state index is 0.00826. The largest absolute Gasteiger partial charge is 0.421 e. The number of nitrogens with one attached hydrogen (secondary N) is 1. The SMILES string of the molecule is OC1(C(F)(F)F)CCNc2cc(F)ccc21. The molecule has 2 N–H and O–H groups in total. The fraction of sp³-hybridized carbons (Fsp3) is 0.400. The zero-order chi connectivity index (χ0) is 12.0. The van der Waals surface area contributed by atoms with Crippen molar-refractivity contribution in [1.29, 1.82) is 0 Å². The molecule has 1 aliphatic heterocycles.